The molecule has 0 aliphatic heterocycles. The lowest BCUT2D eigenvalue weighted by Gasteiger charge is -2.22. The third-order valence-electron chi connectivity index (χ3n) is 3.22. The van der Waals surface area contributed by atoms with Gasteiger partial charge in [-0.05, 0) is 18.8 Å². The Balaban J connectivity index is 4.14. The summed E-state index contributed by atoms with van der Waals surface area (Å²) in [5.41, 5.74) is 0. The lowest BCUT2D eigenvalue weighted by atomic mass is 9.84. The molecule has 2 heteroatoms. The highest BCUT2D eigenvalue weighted by Gasteiger charge is 2.25. The first-order valence-corrected chi connectivity index (χ1v) is 6.28. The SMILES string of the molecule is CCCCCC(CC)C(CC)C(=O)OC. The van der Waals surface area contributed by atoms with Crippen molar-refractivity contribution >= 4 is 5.97 Å². The van der Waals surface area contributed by atoms with E-state index in [4.69, 9.17) is 4.74 Å². The largest absolute Gasteiger partial charge is 0.469 e. The molecule has 0 aliphatic rings. The zero-order valence-electron chi connectivity index (χ0n) is 10.7. The Morgan fingerprint density at radius 3 is 2.20 bits per heavy atom. The first-order valence-electron chi connectivity index (χ1n) is 6.28. The van der Waals surface area contributed by atoms with Crippen LogP contribution in [-0.4, -0.2) is 13.1 Å². The smallest absolute Gasteiger partial charge is 0.308 e. The highest BCUT2D eigenvalue weighted by molar-refractivity contribution is 5.72. The highest BCUT2D eigenvalue weighted by Crippen LogP contribution is 2.26. The van der Waals surface area contributed by atoms with Crippen LogP contribution in [0.1, 0.15) is 59.3 Å². The number of rotatable bonds is 8. The van der Waals surface area contributed by atoms with E-state index in [1.54, 1.807) is 0 Å². The fourth-order valence-electron chi connectivity index (χ4n) is 2.19. The predicted octanol–water partition coefficient (Wildman–Crippen LogP) is 3.79. The molecule has 0 amide bonds. The van der Waals surface area contributed by atoms with Crippen molar-refractivity contribution in [3.8, 4) is 0 Å². The Kier molecular flexibility index (Phi) is 8.44. The second-order valence-corrected chi connectivity index (χ2v) is 4.20. The van der Waals surface area contributed by atoms with E-state index in [1.807, 2.05) is 0 Å². The Morgan fingerprint density at radius 1 is 1.13 bits per heavy atom. The van der Waals surface area contributed by atoms with Crippen molar-refractivity contribution < 1.29 is 9.53 Å². The number of ether oxygens (including phenoxy) is 1. The minimum atomic E-state index is -0.0270. The first-order chi connectivity index (χ1) is 7.21. The molecule has 0 spiro atoms. The van der Waals surface area contributed by atoms with Crippen LogP contribution < -0.4 is 0 Å². The summed E-state index contributed by atoms with van der Waals surface area (Å²) >= 11 is 0. The first kappa shape index (κ1) is 14.5. The van der Waals surface area contributed by atoms with Crippen LogP contribution >= 0.6 is 0 Å². The van der Waals surface area contributed by atoms with Gasteiger partial charge in [-0.1, -0.05) is 46.5 Å². The van der Waals surface area contributed by atoms with Crippen molar-refractivity contribution in [3.63, 3.8) is 0 Å². The molecule has 0 bridgehead atoms. The normalized spacial score (nSPS) is 14.7. The van der Waals surface area contributed by atoms with Gasteiger partial charge in [0.2, 0.25) is 0 Å². The molecular formula is C13H26O2. The third kappa shape index (κ3) is 5.19. The maximum atomic E-state index is 11.6. The number of carbonyl (C=O) groups excluding carboxylic acids is 1. The monoisotopic (exact) mass is 214 g/mol. The molecule has 0 fully saturated rings. The molecule has 0 aromatic rings. The Bertz CT molecular complexity index is 166. The lowest BCUT2D eigenvalue weighted by molar-refractivity contribution is -0.147. The second kappa shape index (κ2) is 8.75. The van der Waals surface area contributed by atoms with E-state index in [2.05, 4.69) is 20.8 Å². The molecule has 0 N–H and O–H groups in total. The van der Waals surface area contributed by atoms with Gasteiger partial charge in [-0.2, -0.15) is 0 Å². The maximum absolute atomic E-state index is 11.6. The van der Waals surface area contributed by atoms with Gasteiger partial charge in [-0.3, -0.25) is 4.79 Å². The van der Waals surface area contributed by atoms with Gasteiger partial charge in [0.1, 0.15) is 0 Å². The van der Waals surface area contributed by atoms with Crippen LogP contribution in [0.3, 0.4) is 0 Å². The topological polar surface area (TPSA) is 26.3 Å². The van der Waals surface area contributed by atoms with Crippen LogP contribution in [0.5, 0.6) is 0 Å². The molecule has 90 valence electrons. The summed E-state index contributed by atoms with van der Waals surface area (Å²) in [5.74, 6) is 0.590. The van der Waals surface area contributed by atoms with Gasteiger partial charge in [0.25, 0.3) is 0 Å². The summed E-state index contributed by atoms with van der Waals surface area (Å²) in [5, 5.41) is 0. The number of esters is 1. The lowest BCUT2D eigenvalue weighted by Crippen LogP contribution is -2.24. The van der Waals surface area contributed by atoms with Crippen molar-refractivity contribution in [1.29, 1.82) is 0 Å². The summed E-state index contributed by atoms with van der Waals surface area (Å²) in [6.45, 7) is 6.45. The van der Waals surface area contributed by atoms with Crippen molar-refractivity contribution in [1.82, 2.24) is 0 Å². The van der Waals surface area contributed by atoms with E-state index in [0.29, 0.717) is 5.92 Å². The molecule has 2 nitrogen and oxygen atoms in total. The van der Waals surface area contributed by atoms with Crippen LogP contribution in [-0.2, 0) is 9.53 Å². The van der Waals surface area contributed by atoms with E-state index in [-0.39, 0.29) is 11.9 Å². The van der Waals surface area contributed by atoms with Gasteiger partial charge < -0.3 is 4.74 Å². The molecular weight excluding hydrogens is 188 g/mol. The fourth-order valence-corrected chi connectivity index (χ4v) is 2.19. The molecule has 0 rings (SSSR count). The van der Waals surface area contributed by atoms with Crippen molar-refractivity contribution in [2.75, 3.05) is 7.11 Å². The second-order valence-electron chi connectivity index (χ2n) is 4.20. The van der Waals surface area contributed by atoms with Gasteiger partial charge in [0.15, 0.2) is 0 Å². The Morgan fingerprint density at radius 2 is 1.80 bits per heavy atom. The van der Waals surface area contributed by atoms with Crippen molar-refractivity contribution in [2.45, 2.75) is 59.3 Å². The Labute approximate surface area is 94.4 Å². The van der Waals surface area contributed by atoms with Crippen LogP contribution in [0.25, 0.3) is 0 Å². The van der Waals surface area contributed by atoms with Gasteiger partial charge >= 0.3 is 5.97 Å². The summed E-state index contributed by atoms with van der Waals surface area (Å²) in [6.07, 6.45) is 6.90. The molecule has 2 unspecified atom stereocenters. The molecule has 2 atom stereocenters. The van der Waals surface area contributed by atoms with Gasteiger partial charge in [0, 0.05) is 0 Å². The number of hydrogen-bond donors (Lipinski definition) is 0. The number of methoxy groups -OCH3 is 1. The van der Waals surface area contributed by atoms with Crippen LogP contribution in [0.15, 0.2) is 0 Å². The van der Waals surface area contributed by atoms with Gasteiger partial charge in [0.05, 0.1) is 13.0 Å². The number of unbranched alkanes of at least 4 members (excludes halogenated alkanes) is 2. The average Bonchev–Trinajstić information content (AvgIpc) is 2.27. The molecule has 0 aromatic heterocycles. The zero-order valence-corrected chi connectivity index (χ0v) is 10.7. The van der Waals surface area contributed by atoms with Crippen molar-refractivity contribution in [2.24, 2.45) is 11.8 Å². The predicted molar refractivity (Wildman–Crippen MR) is 63.7 cm³/mol. The molecule has 0 radical (unpaired) electrons. The summed E-state index contributed by atoms with van der Waals surface area (Å²) in [6, 6.07) is 0. The standard InChI is InChI=1S/C13H26O2/c1-5-8-9-10-11(6-2)12(7-3)13(14)15-4/h11-12H,5-10H2,1-4H3. The summed E-state index contributed by atoms with van der Waals surface area (Å²) < 4.78 is 4.85. The maximum Gasteiger partial charge on any atom is 0.308 e. The summed E-state index contributed by atoms with van der Waals surface area (Å²) in [4.78, 5) is 11.6. The van der Waals surface area contributed by atoms with E-state index < -0.39 is 0 Å². The molecule has 0 heterocycles. The Hall–Kier alpha value is -0.530. The van der Waals surface area contributed by atoms with Gasteiger partial charge in [-0.15, -0.1) is 0 Å². The average molecular weight is 214 g/mol. The summed E-state index contributed by atoms with van der Waals surface area (Å²) in [7, 11) is 1.49. The third-order valence-corrected chi connectivity index (χ3v) is 3.22. The molecule has 0 aromatic carbocycles. The minimum absolute atomic E-state index is 0.0270. The molecule has 0 aliphatic carbocycles. The van der Waals surface area contributed by atoms with Crippen LogP contribution in [0, 0.1) is 11.8 Å². The highest BCUT2D eigenvalue weighted by atomic mass is 16.5. The fraction of sp³-hybridized carbons (Fsp3) is 0.923. The molecule has 0 saturated heterocycles. The van der Waals surface area contributed by atoms with Gasteiger partial charge in [-0.25, -0.2) is 0 Å². The quantitative estimate of drug-likeness (QED) is 0.454. The van der Waals surface area contributed by atoms with E-state index in [1.165, 1.54) is 26.4 Å². The van der Waals surface area contributed by atoms with E-state index in [0.717, 1.165) is 19.3 Å². The molecule has 15 heavy (non-hydrogen) atoms. The molecule has 0 saturated carbocycles. The van der Waals surface area contributed by atoms with Crippen LogP contribution in [0.4, 0.5) is 0 Å². The number of carbonyl (C=O) groups is 1. The van der Waals surface area contributed by atoms with Crippen molar-refractivity contribution in [3.05, 3.63) is 0 Å². The van der Waals surface area contributed by atoms with E-state index in [9.17, 15) is 4.79 Å². The number of hydrogen-bond acceptors (Lipinski definition) is 2. The zero-order chi connectivity index (χ0) is 11.7. The minimum Gasteiger partial charge on any atom is -0.469 e. The van der Waals surface area contributed by atoms with E-state index >= 15 is 0 Å². The van der Waals surface area contributed by atoms with Crippen LogP contribution in [0.2, 0.25) is 0 Å².